The molecule has 0 aromatic heterocycles. The lowest BCUT2D eigenvalue weighted by Gasteiger charge is -2.31. The molecule has 1 saturated heterocycles. The Bertz CT molecular complexity index is 144. The second kappa shape index (κ2) is 7.76. The summed E-state index contributed by atoms with van der Waals surface area (Å²) in [6.07, 6.45) is 2.23. The molecular weight excluding hydrogens is 182 g/mol. The van der Waals surface area contributed by atoms with Crippen LogP contribution in [0.15, 0.2) is 0 Å². The van der Waals surface area contributed by atoms with E-state index in [-0.39, 0.29) is 5.41 Å². The largest absolute Gasteiger partial charge is 0.468 e. The van der Waals surface area contributed by atoms with E-state index in [0.717, 1.165) is 25.9 Å². The van der Waals surface area contributed by atoms with Crippen LogP contribution in [-0.4, -0.2) is 37.9 Å². The van der Waals surface area contributed by atoms with Crippen molar-refractivity contribution < 1.29 is 14.6 Å². The summed E-state index contributed by atoms with van der Waals surface area (Å²) in [6.45, 7) is 7.29. The second-order valence-corrected chi connectivity index (χ2v) is 3.77. The van der Waals surface area contributed by atoms with E-state index < -0.39 is 0 Å². The summed E-state index contributed by atoms with van der Waals surface area (Å²) in [5, 5.41) is 12.2. The van der Waals surface area contributed by atoms with Crippen molar-refractivity contribution in [3.8, 4) is 0 Å². The highest BCUT2D eigenvalue weighted by Crippen LogP contribution is 2.26. The van der Waals surface area contributed by atoms with Crippen LogP contribution in [0.1, 0.15) is 26.7 Å². The Kier molecular flexibility index (Phi) is 7.42. The molecular formula is C10H21NO3. The van der Waals surface area contributed by atoms with Gasteiger partial charge in [0, 0.05) is 6.61 Å². The normalized spacial score (nSPS) is 19.1. The van der Waals surface area contributed by atoms with Gasteiger partial charge in [-0.05, 0) is 38.3 Å². The molecule has 0 aromatic carbocycles. The van der Waals surface area contributed by atoms with Crippen LogP contribution in [0.4, 0.5) is 0 Å². The van der Waals surface area contributed by atoms with Gasteiger partial charge in [0.05, 0.1) is 6.61 Å². The SMILES string of the molecule is CC1(CO)CCNCC1.CCOC=O. The molecule has 1 fully saturated rings. The van der Waals surface area contributed by atoms with Crippen LogP contribution in [0, 0.1) is 5.41 Å². The average Bonchev–Trinajstić information content (AvgIpc) is 2.21. The highest BCUT2D eigenvalue weighted by molar-refractivity contribution is 5.36. The van der Waals surface area contributed by atoms with Crippen molar-refractivity contribution in [1.82, 2.24) is 5.32 Å². The first-order valence-corrected chi connectivity index (χ1v) is 5.05. The minimum Gasteiger partial charge on any atom is -0.468 e. The first-order chi connectivity index (χ1) is 6.68. The molecule has 0 atom stereocenters. The Balaban J connectivity index is 0.000000292. The van der Waals surface area contributed by atoms with E-state index in [1.165, 1.54) is 0 Å². The smallest absolute Gasteiger partial charge is 0.293 e. The second-order valence-electron chi connectivity index (χ2n) is 3.77. The van der Waals surface area contributed by atoms with Gasteiger partial charge in [-0.25, -0.2) is 0 Å². The summed E-state index contributed by atoms with van der Waals surface area (Å²) in [5.41, 5.74) is 0.214. The monoisotopic (exact) mass is 203 g/mol. The summed E-state index contributed by atoms with van der Waals surface area (Å²) >= 11 is 0. The molecule has 0 aromatic rings. The zero-order valence-electron chi connectivity index (χ0n) is 9.08. The van der Waals surface area contributed by atoms with Crippen molar-refractivity contribution in [2.45, 2.75) is 26.7 Å². The topological polar surface area (TPSA) is 58.6 Å². The van der Waals surface area contributed by atoms with Gasteiger partial charge in [0.15, 0.2) is 0 Å². The highest BCUT2D eigenvalue weighted by atomic mass is 16.5. The van der Waals surface area contributed by atoms with E-state index >= 15 is 0 Å². The fourth-order valence-corrected chi connectivity index (χ4v) is 1.26. The summed E-state index contributed by atoms with van der Waals surface area (Å²) < 4.78 is 4.15. The fourth-order valence-electron chi connectivity index (χ4n) is 1.26. The van der Waals surface area contributed by atoms with Gasteiger partial charge in [0.2, 0.25) is 0 Å². The Hall–Kier alpha value is -0.610. The van der Waals surface area contributed by atoms with Crippen LogP contribution >= 0.6 is 0 Å². The maximum absolute atomic E-state index is 9.18. The molecule has 0 bridgehead atoms. The lowest BCUT2D eigenvalue weighted by atomic mass is 9.82. The van der Waals surface area contributed by atoms with Gasteiger partial charge in [-0.3, -0.25) is 4.79 Å². The molecule has 0 saturated carbocycles. The maximum Gasteiger partial charge on any atom is 0.293 e. The van der Waals surface area contributed by atoms with Gasteiger partial charge in [-0.1, -0.05) is 6.92 Å². The van der Waals surface area contributed by atoms with E-state index in [4.69, 9.17) is 5.11 Å². The van der Waals surface area contributed by atoms with E-state index in [1.807, 2.05) is 0 Å². The number of carbonyl (C=O) groups is 1. The number of ether oxygens (including phenoxy) is 1. The van der Waals surface area contributed by atoms with Crippen molar-refractivity contribution >= 4 is 6.47 Å². The highest BCUT2D eigenvalue weighted by Gasteiger charge is 2.24. The summed E-state index contributed by atoms with van der Waals surface area (Å²) in [7, 11) is 0. The molecule has 4 heteroatoms. The van der Waals surface area contributed by atoms with Crippen LogP contribution in [0.3, 0.4) is 0 Å². The number of aliphatic hydroxyl groups excluding tert-OH is 1. The molecule has 1 rings (SSSR count). The summed E-state index contributed by atoms with van der Waals surface area (Å²) in [5.74, 6) is 0. The van der Waals surface area contributed by atoms with Gasteiger partial charge in [0.25, 0.3) is 6.47 Å². The molecule has 84 valence electrons. The Morgan fingerprint density at radius 2 is 2.07 bits per heavy atom. The number of piperidine rings is 1. The summed E-state index contributed by atoms with van der Waals surface area (Å²) in [6, 6.07) is 0. The van der Waals surface area contributed by atoms with Crippen molar-refractivity contribution in [3.63, 3.8) is 0 Å². The van der Waals surface area contributed by atoms with Crippen LogP contribution < -0.4 is 5.32 Å². The maximum atomic E-state index is 9.18. The molecule has 4 nitrogen and oxygen atoms in total. The van der Waals surface area contributed by atoms with Crippen molar-refractivity contribution in [2.24, 2.45) is 5.41 Å². The molecule has 14 heavy (non-hydrogen) atoms. The molecule has 2 N–H and O–H groups in total. The minimum atomic E-state index is 0.214. The quantitative estimate of drug-likeness (QED) is 0.658. The first kappa shape index (κ1) is 13.4. The third kappa shape index (κ3) is 5.94. The van der Waals surface area contributed by atoms with Crippen LogP contribution in [-0.2, 0) is 9.53 Å². The standard InChI is InChI=1S/C7H15NO.C3H6O2/c1-7(6-9)2-4-8-5-3-7;1-2-5-3-4/h8-9H,2-6H2,1H3;3H,2H2,1H3. The Morgan fingerprint density at radius 1 is 1.50 bits per heavy atom. The van der Waals surface area contributed by atoms with Gasteiger partial charge < -0.3 is 15.2 Å². The van der Waals surface area contributed by atoms with E-state index in [1.54, 1.807) is 6.92 Å². The zero-order chi connectivity index (χ0) is 10.9. The number of rotatable bonds is 3. The predicted octanol–water partition coefficient (Wildman–Crippen LogP) is 0.548. The van der Waals surface area contributed by atoms with Gasteiger partial charge >= 0.3 is 0 Å². The van der Waals surface area contributed by atoms with E-state index in [9.17, 15) is 4.79 Å². The van der Waals surface area contributed by atoms with Gasteiger partial charge in [0.1, 0.15) is 0 Å². The van der Waals surface area contributed by atoms with Gasteiger partial charge in [-0.15, -0.1) is 0 Å². The lowest BCUT2D eigenvalue weighted by Crippen LogP contribution is -2.36. The molecule has 0 aliphatic carbocycles. The van der Waals surface area contributed by atoms with Crippen LogP contribution in [0.5, 0.6) is 0 Å². The Morgan fingerprint density at radius 3 is 2.29 bits per heavy atom. The number of hydrogen-bond donors (Lipinski definition) is 2. The number of hydrogen-bond acceptors (Lipinski definition) is 4. The van der Waals surface area contributed by atoms with E-state index in [2.05, 4.69) is 17.0 Å². The van der Waals surface area contributed by atoms with Crippen molar-refractivity contribution in [2.75, 3.05) is 26.3 Å². The molecule has 1 aliphatic rings. The first-order valence-electron chi connectivity index (χ1n) is 5.05. The molecule has 0 amide bonds. The third-order valence-electron chi connectivity index (χ3n) is 2.43. The van der Waals surface area contributed by atoms with Crippen LogP contribution in [0.2, 0.25) is 0 Å². The lowest BCUT2D eigenvalue weighted by molar-refractivity contribution is -0.128. The molecule has 0 unspecified atom stereocenters. The summed E-state index contributed by atoms with van der Waals surface area (Å²) in [4.78, 5) is 9.18. The minimum absolute atomic E-state index is 0.214. The van der Waals surface area contributed by atoms with Gasteiger partial charge in [-0.2, -0.15) is 0 Å². The zero-order valence-corrected chi connectivity index (χ0v) is 9.08. The van der Waals surface area contributed by atoms with E-state index in [0.29, 0.717) is 19.7 Å². The predicted molar refractivity (Wildman–Crippen MR) is 55.0 cm³/mol. The number of carbonyl (C=O) groups excluding carboxylic acids is 1. The number of nitrogens with one attached hydrogen (secondary N) is 1. The van der Waals surface area contributed by atoms with Crippen molar-refractivity contribution in [3.05, 3.63) is 0 Å². The third-order valence-corrected chi connectivity index (χ3v) is 2.43. The van der Waals surface area contributed by atoms with Crippen LogP contribution in [0.25, 0.3) is 0 Å². The molecule has 1 aliphatic heterocycles. The fraction of sp³-hybridized carbons (Fsp3) is 0.900. The number of aliphatic hydroxyl groups is 1. The molecule has 0 radical (unpaired) electrons. The average molecular weight is 203 g/mol. The van der Waals surface area contributed by atoms with Crippen molar-refractivity contribution in [1.29, 1.82) is 0 Å². The molecule has 1 heterocycles. The Labute approximate surface area is 85.6 Å². The molecule has 0 spiro atoms.